The topological polar surface area (TPSA) is 116 Å². The van der Waals surface area contributed by atoms with Crippen molar-refractivity contribution in [2.75, 3.05) is 44.8 Å². The van der Waals surface area contributed by atoms with E-state index in [9.17, 15) is 9.59 Å². The quantitative estimate of drug-likeness (QED) is 0.499. The molecule has 0 radical (unpaired) electrons. The van der Waals surface area contributed by atoms with Gasteiger partial charge in [0.1, 0.15) is 12.7 Å². The van der Waals surface area contributed by atoms with Crippen molar-refractivity contribution in [1.29, 1.82) is 0 Å². The van der Waals surface area contributed by atoms with E-state index in [0.29, 0.717) is 49.1 Å². The maximum atomic E-state index is 12.6. The van der Waals surface area contributed by atoms with E-state index >= 15 is 0 Å². The van der Waals surface area contributed by atoms with Crippen LogP contribution in [0.5, 0.6) is 11.5 Å². The van der Waals surface area contributed by atoms with Gasteiger partial charge < -0.3 is 19.3 Å². The Morgan fingerprint density at radius 3 is 2.38 bits per heavy atom. The van der Waals surface area contributed by atoms with Crippen LogP contribution in [0, 0.1) is 0 Å². The normalized spacial score (nSPS) is 13.7. The number of ether oxygens (including phenoxy) is 2. The van der Waals surface area contributed by atoms with Crippen LogP contribution in [-0.2, 0) is 4.79 Å². The Kier molecular flexibility index (Phi) is 6.24. The highest BCUT2D eigenvalue weighted by atomic mass is 16.5. The summed E-state index contributed by atoms with van der Waals surface area (Å²) in [7, 11) is 1.49. The van der Waals surface area contributed by atoms with Crippen LogP contribution >= 0.6 is 0 Å². The third-order valence-corrected chi connectivity index (χ3v) is 5.17. The Labute approximate surface area is 184 Å². The number of amides is 1. The molecule has 166 valence electrons. The van der Waals surface area contributed by atoms with Crippen molar-refractivity contribution >= 4 is 17.5 Å². The number of anilines is 1. The molecule has 11 nitrogen and oxygen atoms in total. The second-order valence-corrected chi connectivity index (χ2v) is 7.17. The van der Waals surface area contributed by atoms with Gasteiger partial charge in [-0.05, 0) is 37.3 Å². The fraction of sp³-hybridized carbons (Fsp3) is 0.333. The van der Waals surface area contributed by atoms with Gasteiger partial charge in [-0.2, -0.15) is 5.10 Å². The average molecular weight is 437 g/mol. The minimum atomic E-state index is -0.116. The standard InChI is InChI=1S/C21H23N7O4/c1-15(29)16-3-4-17(18(11-16)31-2)32-12-21(30)27-9-7-26(8-10-27)19-5-6-20(25-24-19)28-14-22-13-23-28/h3-6,11,13-14H,7-10,12H2,1-2H3. The van der Waals surface area contributed by atoms with E-state index < -0.39 is 0 Å². The van der Waals surface area contributed by atoms with E-state index in [2.05, 4.69) is 25.2 Å². The molecule has 0 spiro atoms. The summed E-state index contributed by atoms with van der Waals surface area (Å²) in [5.74, 6) is 1.99. The van der Waals surface area contributed by atoms with Crippen LogP contribution in [0.3, 0.4) is 0 Å². The molecular formula is C21H23N7O4. The highest BCUT2D eigenvalue weighted by Crippen LogP contribution is 2.28. The number of carbonyl (C=O) groups is 2. The largest absolute Gasteiger partial charge is 0.493 e. The minimum Gasteiger partial charge on any atom is -0.493 e. The van der Waals surface area contributed by atoms with Crippen molar-refractivity contribution in [3.8, 4) is 17.3 Å². The van der Waals surface area contributed by atoms with Gasteiger partial charge in [0.25, 0.3) is 5.91 Å². The van der Waals surface area contributed by atoms with E-state index in [1.54, 1.807) is 29.4 Å². The van der Waals surface area contributed by atoms with E-state index in [1.807, 2.05) is 12.1 Å². The van der Waals surface area contributed by atoms with Crippen molar-refractivity contribution in [1.82, 2.24) is 29.9 Å². The van der Waals surface area contributed by atoms with Crippen LogP contribution in [0.1, 0.15) is 17.3 Å². The summed E-state index contributed by atoms with van der Waals surface area (Å²) >= 11 is 0. The Morgan fingerprint density at radius 1 is 1.00 bits per heavy atom. The fourth-order valence-electron chi connectivity index (χ4n) is 3.36. The van der Waals surface area contributed by atoms with E-state index in [1.165, 1.54) is 25.0 Å². The molecule has 1 aliphatic heterocycles. The molecule has 0 N–H and O–H groups in total. The van der Waals surface area contributed by atoms with Gasteiger partial charge in [-0.3, -0.25) is 9.59 Å². The Bertz CT molecular complexity index is 1080. The van der Waals surface area contributed by atoms with E-state index in [0.717, 1.165) is 5.82 Å². The van der Waals surface area contributed by atoms with Gasteiger partial charge in [-0.25, -0.2) is 9.67 Å². The number of Topliss-reactive ketones (excluding diaryl/α,β-unsaturated/α-hetero) is 1. The van der Waals surface area contributed by atoms with Crippen LogP contribution in [0.4, 0.5) is 5.82 Å². The molecule has 2 aromatic heterocycles. The molecule has 0 atom stereocenters. The first-order valence-electron chi connectivity index (χ1n) is 10.1. The Hall–Kier alpha value is -4.02. The number of piperazine rings is 1. The summed E-state index contributed by atoms with van der Waals surface area (Å²) in [5.41, 5.74) is 0.522. The molecule has 0 saturated carbocycles. The van der Waals surface area contributed by atoms with Crippen molar-refractivity contribution in [3.05, 3.63) is 48.5 Å². The van der Waals surface area contributed by atoms with E-state index in [4.69, 9.17) is 9.47 Å². The molecule has 1 aliphatic rings. The third kappa shape index (κ3) is 4.66. The highest BCUT2D eigenvalue weighted by Gasteiger charge is 2.23. The van der Waals surface area contributed by atoms with Gasteiger partial charge >= 0.3 is 0 Å². The number of ketones is 1. The number of carbonyl (C=O) groups excluding carboxylic acids is 2. The predicted octanol–water partition coefficient (Wildman–Crippen LogP) is 0.996. The second kappa shape index (κ2) is 9.41. The highest BCUT2D eigenvalue weighted by molar-refractivity contribution is 5.94. The molecule has 4 rings (SSSR count). The zero-order valence-electron chi connectivity index (χ0n) is 17.8. The maximum Gasteiger partial charge on any atom is 0.260 e. The van der Waals surface area contributed by atoms with Gasteiger partial charge in [0.05, 0.1) is 7.11 Å². The lowest BCUT2D eigenvalue weighted by molar-refractivity contribution is -0.133. The SMILES string of the molecule is COc1cc(C(C)=O)ccc1OCC(=O)N1CCN(c2ccc(-n3cncn3)nn2)CC1. The minimum absolute atomic E-state index is 0.0680. The molecule has 1 amide bonds. The summed E-state index contributed by atoms with van der Waals surface area (Å²) in [6.45, 7) is 3.75. The van der Waals surface area contributed by atoms with Crippen LogP contribution in [0.2, 0.25) is 0 Å². The summed E-state index contributed by atoms with van der Waals surface area (Å²) in [4.78, 5) is 31.9. The van der Waals surface area contributed by atoms with Crippen molar-refractivity contribution in [2.24, 2.45) is 0 Å². The van der Waals surface area contributed by atoms with Crippen LogP contribution in [-0.4, -0.2) is 81.4 Å². The third-order valence-electron chi connectivity index (χ3n) is 5.17. The van der Waals surface area contributed by atoms with Gasteiger partial charge in [-0.1, -0.05) is 0 Å². The van der Waals surface area contributed by atoms with Crippen molar-refractivity contribution in [3.63, 3.8) is 0 Å². The first-order chi connectivity index (χ1) is 15.5. The van der Waals surface area contributed by atoms with Crippen LogP contribution in [0.15, 0.2) is 43.0 Å². The first kappa shape index (κ1) is 21.2. The van der Waals surface area contributed by atoms with E-state index in [-0.39, 0.29) is 18.3 Å². The van der Waals surface area contributed by atoms with Gasteiger partial charge in [0.2, 0.25) is 0 Å². The van der Waals surface area contributed by atoms with Gasteiger partial charge in [0.15, 0.2) is 35.5 Å². The lowest BCUT2D eigenvalue weighted by Gasteiger charge is -2.35. The molecule has 0 bridgehead atoms. The number of nitrogens with zero attached hydrogens (tertiary/aromatic N) is 7. The molecule has 1 aromatic carbocycles. The zero-order valence-corrected chi connectivity index (χ0v) is 17.8. The number of aromatic nitrogens is 5. The number of rotatable bonds is 7. The molecular weight excluding hydrogens is 414 g/mol. The second-order valence-electron chi connectivity index (χ2n) is 7.17. The lowest BCUT2D eigenvalue weighted by atomic mass is 10.1. The van der Waals surface area contributed by atoms with Crippen LogP contribution in [0.25, 0.3) is 5.82 Å². The van der Waals surface area contributed by atoms with Gasteiger partial charge in [0, 0.05) is 31.7 Å². The molecule has 1 fully saturated rings. The number of methoxy groups -OCH3 is 1. The summed E-state index contributed by atoms with van der Waals surface area (Å²) in [6.07, 6.45) is 3.00. The molecule has 0 unspecified atom stereocenters. The predicted molar refractivity (Wildman–Crippen MR) is 114 cm³/mol. The molecule has 0 aliphatic carbocycles. The Morgan fingerprint density at radius 2 is 1.75 bits per heavy atom. The van der Waals surface area contributed by atoms with Crippen LogP contribution < -0.4 is 14.4 Å². The number of hydrogen-bond acceptors (Lipinski definition) is 9. The smallest absolute Gasteiger partial charge is 0.260 e. The first-order valence-corrected chi connectivity index (χ1v) is 10.1. The number of hydrogen-bond donors (Lipinski definition) is 0. The molecule has 32 heavy (non-hydrogen) atoms. The van der Waals surface area contributed by atoms with Gasteiger partial charge in [-0.15, -0.1) is 10.2 Å². The molecule has 1 saturated heterocycles. The number of benzene rings is 1. The molecule has 3 heterocycles. The summed E-state index contributed by atoms with van der Waals surface area (Å²) in [6, 6.07) is 8.60. The Balaban J connectivity index is 1.30. The fourth-order valence-corrected chi connectivity index (χ4v) is 3.36. The zero-order chi connectivity index (χ0) is 22.5. The van der Waals surface area contributed by atoms with Crippen molar-refractivity contribution in [2.45, 2.75) is 6.92 Å². The summed E-state index contributed by atoms with van der Waals surface area (Å²) < 4.78 is 12.5. The average Bonchev–Trinajstić information content (AvgIpc) is 3.37. The van der Waals surface area contributed by atoms with Crippen molar-refractivity contribution < 1.29 is 19.1 Å². The monoisotopic (exact) mass is 437 g/mol. The molecule has 11 heteroatoms. The maximum absolute atomic E-state index is 12.6. The molecule has 3 aromatic rings. The summed E-state index contributed by atoms with van der Waals surface area (Å²) in [5, 5.41) is 12.5. The lowest BCUT2D eigenvalue weighted by Crippen LogP contribution is -2.50.